The third-order valence-corrected chi connectivity index (χ3v) is 9.53. The third-order valence-electron chi connectivity index (χ3n) is 9.53. The summed E-state index contributed by atoms with van der Waals surface area (Å²) in [5.41, 5.74) is 4.27. The highest BCUT2D eigenvalue weighted by molar-refractivity contribution is 6.01. The van der Waals surface area contributed by atoms with Gasteiger partial charge in [-0.2, -0.15) is 0 Å². The Labute approximate surface area is 232 Å². The van der Waals surface area contributed by atoms with Crippen molar-refractivity contribution in [2.75, 3.05) is 0 Å². The molecule has 1 heterocycles. The van der Waals surface area contributed by atoms with Crippen LogP contribution in [0.4, 0.5) is 0 Å². The molecule has 2 unspecified atom stereocenters. The number of carboxylic acid groups (broad SMARTS) is 1. The normalized spacial score (nSPS) is 25.9. The van der Waals surface area contributed by atoms with Crippen LogP contribution in [-0.2, 0) is 19.1 Å². The molecule has 3 N–H and O–H groups in total. The number of hydrogen-bond acceptors (Lipinski definition) is 4. The summed E-state index contributed by atoms with van der Waals surface area (Å²) in [5, 5.41) is 10.1. The summed E-state index contributed by atoms with van der Waals surface area (Å²) in [6, 6.07) is 0. The quantitative estimate of drug-likeness (QED) is 0.0831. The zero-order valence-electron chi connectivity index (χ0n) is 24.5. The van der Waals surface area contributed by atoms with Gasteiger partial charge in [0, 0.05) is 0 Å². The van der Waals surface area contributed by atoms with Crippen LogP contribution in [0.25, 0.3) is 0 Å². The second kappa shape index (κ2) is 17.9. The predicted octanol–water partition coefficient (Wildman–Crippen LogP) is 7.95. The Morgan fingerprint density at radius 2 is 1.42 bits per heavy atom. The SMILES string of the molecule is CCCCCCCCCCCCCCCCCC(C[C@@H]1OC(=O)[C@H]1CC)C1CCCC[C@]1(C(N)=O)C(=O)O. The van der Waals surface area contributed by atoms with Crippen molar-refractivity contribution in [1.29, 1.82) is 0 Å². The number of carbonyl (C=O) groups excluding carboxylic acids is 2. The number of primary amides is 1. The molecule has 1 saturated carbocycles. The lowest BCUT2D eigenvalue weighted by atomic mass is 9.59. The van der Waals surface area contributed by atoms with Gasteiger partial charge in [-0.3, -0.25) is 14.4 Å². The molecule has 0 aromatic carbocycles. The number of amides is 1. The standard InChI is InChI=1S/C32H57NO5/c1-3-5-6-7-8-9-10-11-12-13-14-15-16-17-18-21-25(24-28-26(4-2)29(34)38-28)27-22-19-20-23-32(27,30(33)35)31(36)37/h25-28H,3-24H2,1-2H3,(H2,33,35)(H,36,37)/t25?,26-,27?,28-,32-/m0/s1. The Balaban J connectivity index is 1.74. The molecular weight excluding hydrogens is 478 g/mol. The van der Waals surface area contributed by atoms with Crippen molar-refractivity contribution in [2.45, 2.75) is 161 Å². The molecule has 0 aromatic heterocycles. The first-order valence-corrected chi connectivity index (χ1v) is 16.1. The number of carboxylic acids is 1. The molecule has 2 fully saturated rings. The number of nitrogens with two attached hydrogens (primary N) is 1. The molecule has 0 bridgehead atoms. The van der Waals surface area contributed by atoms with Crippen LogP contribution in [0.5, 0.6) is 0 Å². The van der Waals surface area contributed by atoms with E-state index in [0.29, 0.717) is 25.7 Å². The summed E-state index contributed by atoms with van der Waals surface area (Å²) >= 11 is 0. The lowest BCUT2D eigenvalue weighted by Gasteiger charge is -2.45. The van der Waals surface area contributed by atoms with E-state index < -0.39 is 17.3 Å². The molecular formula is C32H57NO5. The molecule has 0 radical (unpaired) electrons. The maximum Gasteiger partial charge on any atom is 0.319 e. The van der Waals surface area contributed by atoms with E-state index in [1.807, 2.05) is 6.92 Å². The molecule has 1 amide bonds. The Bertz CT molecular complexity index is 694. The van der Waals surface area contributed by atoms with Gasteiger partial charge in [-0.15, -0.1) is 0 Å². The van der Waals surface area contributed by atoms with E-state index in [1.54, 1.807) is 0 Å². The Morgan fingerprint density at radius 1 is 0.895 bits per heavy atom. The number of hydrogen-bond donors (Lipinski definition) is 2. The molecule has 1 saturated heterocycles. The van der Waals surface area contributed by atoms with Crippen molar-refractivity contribution in [3.8, 4) is 0 Å². The smallest absolute Gasteiger partial charge is 0.319 e. The number of carbonyl (C=O) groups is 3. The summed E-state index contributed by atoms with van der Waals surface area (Å²) in [7, 11) is 0. The first kappa shape index (κ1) is 32.6. The lowest BCUT2D eigenvalue weighted by molar-refractivity contribution is -0.189. The van der Waals surface area contributed by atoms with E-state index in [9.17, 15) is 19.5 Å². The average molecular weight is 536 g/mol. The minimum absolute atomic E-state index is 0.0352. The zero-order valence-corrected chi connectivity index (χ0v) is 24.5. The number of unbranched alkanes of at least 4 members (excludes halogenated alkanes) is 14. The van der Waals surface area contributed by atoms with Crippen molar-refractivity contribution in [2.24, 2.45) is 28.9 Å². The lowest BCUT2D eigenvalue weighted by Crippen LogP contribution is -2.54. The van der Waals surface area contributed by atoms with Crippen LogP contribution < -0.4 is 5.73 Å². The average Bonchev–Trinajstić information content (AvgIpc) is 2.89. The van der Waals surface area contributed by atoms with Crippen LogP contribution in [0.3, 0.4) is 0 Å². The van der Waals surface area contributed by atoms with Crippen LogP contribution in [0.2, 0.25) is 0 Å². The molecule has 220 valence electrons. The summed E-state index contributed by atoms with van der Waals surface area (Å²) < 4.78 is 5.48. The molecule has 1 aliphatic carbocycles. The van der Waals surface area contributed by atoms with Gasteiger partial charge in [0.05, 0.1) is 5.92 Å². The number of ether oxygens (including phenoxy) is 1. The van der Waals surface area contributed by atoms with Crippen LogP contribution >= 0.6 is 0 Å². The molecule has 2 rings (SSSR count). The van der Waals surface area contributed by atoms with Crippen molar-refractivity contribution >= 4 is 17.8 Å². The highest BCUT2D eigenvalue weighted by atomic mass is 16.6. The van der Waals surface area contributed by atoms with E-state index in [0.717, 1.165) is 32.1 Å². The molecule has 2 aliphatic rings. The molecule has 1 aliphatic heterocycles. The minimum atomic E-state index is -1.49. The topological polar surface area (TPSA) is 107 Å². The highest BCUT2D eigenvalue weighted by Gasteiger charge is 2.55. The maximum absolute atomic E-state index is 12.5. The maximum atomic E-state index is 12.5. The van der Waals surface area contributed by atoms with Gasteiger partial charge in [0.1, 0.15) is 11.5 Å². The van der Waals surface area contributed by atoms with Gasteiger partial charge in [-0.05, 0) is 43.9 Å². The van der Waals surface area contributed by atoms with Crippen molar-refractivity contribution in [1.82, 2.24) is 0 Å². The fraction of sp³-hybridized carbons (Fsp3) is 0.906. The number of rotatable bonds is 22. The molecule has 6 nitrogen and oxygen atoms in total. The molecule has 0 spiro atoms. The Hall–Kier alpha value is -1.59. The third kappa shape index (κ3) is 9.55. The summed E-state index contributed by atoms with van der Waals surface area (Å²) in [6.45, 7) is 4.26. The van der Waals surface area contributed by atoms with Gasteiger partial charge >= 0.3 is 11.9 Å². The summed E-state index contributed by atoms with van der Waals surface area (Å²) in [4.78, 5) is 36.8. The fourth-order valence-electron chi connectivity index (χ4n) is 7.11. The van der Waals surface area contributed by atoms with Crippen LogP contribution in [0.1, 0.15) is 155 Å². The van der Waals surface area contributed by atoms with Crippen LogP contribution in [-0.4, -0.2) is 29.1 Å². The largest absolute Gasteiger partial charge is 0.480 e. The van der Waals surface area contributed by atoms with E-state index in [4.69, 9.17) is 10.5 Å². The highest BCUT2D eigenvalue weighted by Crippen LogP contribution is 2.49. The number of cyclic esters (lactones) is 1. The van der Waals surface area contributed by atoms with Crippen molar-refractivity contribution in [3.05, 3.63) is 0 Å². The van der Waals surface area contributed by atoms with Gasteiger partial charge in [-0.25, -0.2) is 0 Å². The minimum Gasteiger partial charge on any atom is -0.480 e. The van der Waals surface area contributed by atoms with Gasteiger partial charge in [-0.1, -0.05) is 123 Å². The first-order valence-electron chi connectivity index (χ1n) is 16.1. The molecule has 38 heavy (non-hydrogen) atoms. The van der Waals surface area contributed by atoms with E-state index in [1.165, 1.54) is 83.5 Å². The van der Waals surface area contributed by atoms with Crippen LogP contribution in [0.15, 0.2) is 0 Å². The van der Waals surface area contributed by atoms with E-state index >= 15 is 0 Å². The van der Waals surface area contributed by atoms with Crippen LogP contribution in [0, 0.1) is 23.2 Å². The summed E-state index contributed by atoms with van der Waals surface area (Å²) in [5.74, 6) is -2.27. The zero-order chi connectivity index (χ0) is 27.8. The summed E-state index contributed by atoms with van der Waals surface area (Å²) in [6.07, 6.45) is 24.4. The fourth-order valence-corrected chi connectivity index (χ4v) is 7.11. The number of esters is 1. The van der Waals surface area contributed by atoms with E-state index in [2.05, 4.69) is 6.92 Å². The van der Waals surface area contributed by atoms with Crippen molar-refractivity contribution < 1.29 is 24.2 Å². The van der Waals surface area contributed by atoms with Crippen molar-refractivity contribution in [3.63, 3.8) is 0 Å². The van der Waals surface area contributed by atoms with Gasteiger partial charge in [0.15, 0.2) is 0 Å². The second-order valence-corrected chi connectivity index (χ2v) is 12.2. The molecule has 5 atom stereocenters. The monoisotopic (exact) mass is 535 g/mol. The first-order chi connectivity index (χ1) is 18.4. The second-order valence-electron chi connectivity index (χ2n) is 12.2. The van der Waals surface area contributed by atoms with Gasteiger partial charge in [0.2, 0.25) is 5.91 Å². The van der Waals surface area contributed by atoms with E-state index in [-0.39, 0.29) is 29.8 Å². The molecule has 6 heteroatoms. The molecule has 0 aromatic rings. The number of aliphatic carboxylic acids is 1. The predicted molar refractivity (Wildman–Crippen MR) is 153 cm³/mol. The van der Waals surface area contributed by atoms with Gasteiger partial charge < -0.3 is 15.6 Å². The Kier molecular flexibility index (Phi) is 15.4. The van der Waals surface area contributed by atoms with Gasteiger partial charge in [0.25, 0.3) is 0 Å². The Morgan fingerprint density at radius 3 is 1.87 bits per heavy atom.